The summed E-state index contributed by atoms with van der Waals surface area (Å²) in [6.45, 7) is 2.88. The zero-order valence-corrected chi connectivity index (χ0v) is 17.5. The molecular formula is C23H26N4O4. The molecule has 8 nitrogen and oxygen atoms in total. The average Bonchev–Trinajstić information content (AvgIpc) is 3.29. The van der Waals surface area contributed by atoms with E-state index in [-0.39, 0.29) is 31.0 Å². The van der Waals surface area contributed by atoms with Gasteiger partial charge in [0, 0.05) is 18.8 Å². The Bertz CT molecular complexity index is 970. The average molecular weight is 422 g/mol. The van der Waals surface area contributed by atoms with Gasteiger partial charge in [-0.05, 0) is 44.0 Å². The van der Waals surface area contributed by atoms with E-state index < -0.39 is 6.03 Å². The van der Waals surface area contributed by atoms with Gasteiger partial charge < -0.3 is 15.4 Å². The van der Waals surface area contributed by atoms with Crippen molar-refractivity contribution in [2.24, 2.45) is 0 Å². The molecule has 2 aromatic rings. The van der Waals surface area contributed by atoms with Gasteiger partial charge in [0.25, 0.3) is 0 Å². The summed E-state index contributed by atoms with van der Waals surface area (Å²) in [5, 5.41) is 5.67. The fourth-order valence-corrected chi connectivity index (χ4v) is 3.78. The van der Waals surface area contributed by atoms with Crippen LogP contribution in [0.1, 0.15) is 18.4 Å². The maximum Gasteiger partial charge on any atom is 0.326 e. The third kappa shape index (κ3) is 4.86. The molecule has 2 aliphatic heterocycles. The molecule has 2 aliphatic rings. The van der Waals surface area contributed by atoms with Crippen LogP contribution in [0.15, 0.2) is 48.5 Å². The molecule has 8 heteroatoms. The Morgan fingerprint density at radius 3 is 2.55 bits per heavy atom. The van der Waals surface area contributed by atoms with Crippen molar-refractivity contribution in [1.29, 1.82) is 0 Å². The van der Waals surface area contributed by atoms with Crippen LogP contribution in [0, 0.1) is 6.92 Å². The van der Waals surface area contributed by atoms with Crippen molar-refractivity contribution in [3.8, 4) is 0 Å². The lowest BCUT2D eigenvalue weighted by Gasteiger charge is -2.35. The summed E-state index contributed by atoms with van der Waals surface area (Å²) in [7, 11) is 0. The summed E-state index contributed by atoms with van der Waals surface area (Å²) >= 11 is 0. The number of carbonyl (C=O) groups is 3. The van der Waals surface area contributed by atoms with E-state index in [2.05, 4.69) is 10.6 Å². The van der Waals surface area contributed by atoms with Crippen molar-refractivity contribution < 1.29 is 19.1 Å². The summed E-state index contributed by atoms with van der Waals surface area (Å²) in [5.41, 5.74) is 2.85. The van der Waals surface area contributed by atoms with Gasteiger partial charge in [-0.3, -0.25) is 19.4 Å². The second kappa shape index (κ2) is 9.18. The molecule has 1 atom stereocenters. The Morgan fingerprint density at radius 2 is 1.84 bits per heavy atom. The summed E-state index contributed by atoms with van der Waals surface area (Å²) in [6, 6.07) is 14.1. The minimum atomic E-state index is -0.396. The Hall–Kier alpha value is -3.39. The van der Waals surface area contributed by atoms with Crippen molar-refractivity contribution in [2.45, 2.75) is 25.9 Å². The third-order valence-electron chi connectivity index (χ3n) is 5.46. The maximum atomic E-state index is 12.9. The fraction of sp³-hybridized carbons (Fsp3) is 0.348. The number of benzene rings is 2. The van der Waals surface area contributed by atoms with E-state index in [1.807, 2.05) is 31.2 Å². The van der Waals surface area contributed by atoms with Crippen LogP contribution in [0.4, 0.5) is 21.9 Å². The zero-order valence-electron chi connectivity index (χ0n) is 17.5. The van der Waals surface area contributed by atoms with Gasteiger partial charge in [0.05, 0.1) is 17.5 Å². The normalized spacial score (nSPS) is 18.0. The molecule has 31 heavy (non-hydrogen) atoms. The molecule has 0 bridgehead atoms. The molecule has 2 aromatic carbocycles. The van der Waals surface area contributed by atoms with E-state index in [0.717, 1.165) is 25.0 Å². The number of carbonyl (C=O) groups excluding carboxylic acids is 3. The van der Waals surface area contributed by atoms with Gasteiger partial charge >= 0.3 is 6.03 Å². The van der Waals surface area contributed by atoms with E-state index >= 15 is 0 Å². The van der Waals surface area contributed by atoms with Crippen LogP contribution in [0.5, 0.6) is 0 Å². The topological polar surface area (TPSA) is 91.0 Å². The molecule has 0 radical (unpaired) electrons. The van der Waals surface area contributed by atoms with Gasteiger partial charge in [-0.2, -0.15) is 0 Å². The van der Waals surface area contributed by atoms with Gasteiger partial charge in [-0.15, -0.1) is 0 Å². The van der Waals surface area contributed by atoms with E-state index in [0.29, 0.717) is 23.6 Å². The largest absolute Gasteiger partial charge is 0.376 e. The Labute approximate surface area is 181 Å². The highest BCUT2D eigenvalue weighted by atomic mass is 16.5. The number of aryl methyl sites for hydroxylation is 1. The van der Waals surface area contributed by atoms with E-state index in [1.165, 1.54) is 9.80 Å². The Kier molecular flexibility index (Phi) is 6.18. The lowest BCUT2D eigenvalue weighted by atomic mass is 10.1. The second-order valence-electron chi connectivity index (χ2n) is 7.79. The van der Waals surface area contributed by atoms with Gasteiger partial charge in [0.2, 0.25) is 11.8 Å². The minimum absolute atomic E-state index is 0.0363. The van der Waals surface area contributed by atoms with Gasteiger partial charge in [0.15, 0.2) is 0 Å². The molecule has 0 aliphatic carbocycles. The van der Waals surface area contributed by atoms with Gasteiger partial charge in [-0.25, -0.2) is 4.79 Å². The fourth-order valence-electron chi connectivity index (χ4n) is 3.78. The number of rotatable bonds is 5. The number of amides is 4. The summed E-state index contributed by atoms with van der Waals surface area (Å²) < 4.78 is 5.52. The summed E-state index contributed by atoms with van der Waals surface area (Å²) in [4.78, 5) is 41.0. The monoisotopic (exact) mass is 422 g/mol. The SMILES string of the molecule is Cc1ccc(NC(=O)N2CC(=O)N(CC(=O)NC[C@@H]3CCCO3)c3ccccc32)cc1. The highest BCUT2D eigenvalue weighted by Crippen LogP contribution is 2.33. The Morgan fingerprint density at radius 1 is 1.10 bits per heavy atom. The van der Waals surface area contributed by atoms with Crippen molar-refractivity contribution in [3.63, 3.8) is 0 Å². The number of hydrogen-bond acceptors (Lipinski definition) is 4. The van der Waals surface area contributed by atoms with E-state index in [9.17, 15) is 14.4 Å². The molecule has 0 saturated carbocycles. The third-order valence-corrected chi connectivity index (χ3v) is 5.46. The predicted octanol–water partition coefficient (Wildman–Crippen LogP) is 2.68. The lowest BCUT2D eigenvalue weighted by molar-refractivity contribution is -0.123. The molecule has 2 heterocycles. The molecule has 1 saturated heterocycles. The molecule has 1 fully saturated rings. The molecule has 0 unspecified atom stereocenters. The molecule has 4 amide bonds. The number of hydrogen-bond donors (Lipinski definition) is 2. The van der Waals surface area contributed by atoms with Crippen LogP contribution in [-0.4, -0.2) is 50.2 Å². The van der Waals surface area contributed by atoms with Crippen molar-refractivity contribution in [1.82, 2.24) is 5.32 Å². The lowest BCUT2D eigenvalue weighted by Crippen LogP contribution is -2.52. The van der Waals surface area contributed by atoms with E-state index in [1.54, 1.807) is 24.3 Å². The number of para-hydroxylation sites is 2. The zero-order chi connectivity index (χ0) is 21.8. The highest BCUT2D eigenvalue weighted by Gasteiger charge is 2.33. The minimum Gasteiger partial charge on any atom is -0.376 e. The molecule has 162 valence electrons. The molecule has 0 aromatic heterocycles. The number of urea groups is 1. The van der Waals surface area contributed by atoms with Crippen LogP contribution >= 0.6 is 0 Å². The van der Waals surface area contributed by atoms with Gasteiger partial charge in [-0.1, -0.05) is 29.8 Å². The molecule has 2 N–H and O–H groups in total. The first-order valence-corrected chi connectivity index (χ1v) is 10.4. The Balaban J connectivity index is 1.46. The number of nitrogens with one attached hydrogen (secondary N) is 2. The van der Waals surface area contributed by atoms with Crippen LogP contribution in [0.2, 0.25) is 0 Å². The van der Waals surface area contributed by atoms with E-state index in [4.69, 9.17) is 4.74 Å². The number of nitrogens with zero attached hydrogens (tertiary/aromatic N) is 2. The quantitative estimate of drug-likeness (QED) is 0.775. The maximum absolute atomic E-state index is 12.9. The molecule has 4 rings (SSSR count). The second-order valence-corrected chi connectivity index (χ2v) is 7.79. The highest BCUT2D eigenvalue weighted by molar-refractivity contribution is 6.15. The summed E-state index contributed by atoms with van der Waals surface area (Å²) in [5.74, 6) is -0.568. The standard InChI is InChI=1S/C23H26N4O4/c1-16-8-10-17(11-9-16)25-23(30)27-15-22(29)26(19-6-2-3-7-20(19)27)14-21(28)24-13-18-5-4-12-31-18/h2-3,6-11,18H,4-5,12-15H2,1H3,(H,24,28)(H,25,30)/t18-/m0/s1. The smallest absolute Gasteiger partial charge is 0.326 e. The number of anilines is 3. The van der Waals surface area contributed by atoms with Crippen molar-refractivity contribution in [3.05, 3.63) is 54.1 Å². The van der Waals surface area contributed by atoms with Crippen molar-refractivity contribution in [2.75, 3.05) is 41.4 Å². The number of fused-ring (bicyclic) bond motifs is 1. The van der Waals surface area contributed by atoms with Crippen LogP contribution in [0.3, 0.4) is 0 Å². The number of ether oxygens (including phenoxy) is 1. The van der Waals surface area contributed by atoms with Crippen LogP contribution < -0.4 is 20.4 Å². The first-order valence-electron chi connectivity index (χ1n) is 10.4. The van der Waals surface area contributed by atoms with Crippen LogP contribution in [-0.2, 0) is 14.3 Å². The first kappa shape index (κ1) is 20.9. The van der Waals surface area contributed by atoms with Crippen molar-refractivity contribution >= 4 is 34.9 Å². The summed E-state index contributed by atoms with van der Waals surface area (Å²) in [6.07, 6.45) is 1.96. The molecular weight excluding hydrogens is 396 g/mol. The van der Waals surface area contributed by atoms with Gasteiger partial charge in [0.1, 0.15) is 13.1 Å². The predicted molar refractivity (Wildman–Crippen MR) is 118 cm³/mol. The first-order chi connectivity index (χ1) is 15.0. The molecule has 0 spiro atoms. The van der Waals surface area contributed by atoms with Crippen LogP contribution in [0.25, 0.3) is 0 Å².